The molecule has 3 rings (SSSR count). The topological polar surface area (TPSA) is 76.4 Å². The van der Waals surface area contributed by atoms with Gasteiger partial charge in [0.2, 0.25) is 0 Å². The molecule has 2 aromatic carbocycles. The van der Waals surface area contributed by atoms with E-state index in [1.165, 1.54) is 10.8 Å². The summed E-state index contributed by atoms with van der Waals surface area (Å²) in [5, 5.41) is 17.2. The summed E-state index contributed by atoms with van der Waals surface area (Å²) < 4.78 is 7.83. The van der Waals surface area contributed by atoms with E-state index >= 15 is 0 Å². The van der Waals surface area contributed by atoms with Crippen molar-refractivity contribution in [3.05, 3.63) is 54.1 Å². The molecule has 0 aliphatic heterocycles. The van der Waals surface area contributed by atoms with E-state index in [9.17, 15) is 0 Å². The van der Waals surface area contributed by atoms with Crippen molar-refractivity contribution in [2.75, 3.05) is 19.7 Å². The summed E-state index contributed by atoms with van der Waals surface area (Å²) in [4.78, 5) is 4.58. The van der Waals surface area contributed by atoms with Crippen molar-refractivity contribution in [2.24, 2.45) is 12.0 Å². The van der Waals surface area contributed by atoms with E-state index in [2.05, 4.69) is 50.1 Å². The molecule has 0 bridgehead atoms. The highest BCUT2D eigenvalue weighted by atomic mass is 127. The van der Waals surface area contributed by atoms with Crippen LogP contribution in [0.1, 0.15) is 25.0 Å². The number of aliphatic imine (C=N–C) groups is 1. The summed E-state index contributed by atoms with van der Waals surface area (Å²) in [5.74, 6) is 3.40. The summed E-state index contributed by atoms with van der Waals surface area (Å²) in [7, 11) is 1.95. The molecule has 0 saturated heterocycles. The van der Waals surface area contributed by atoms with E-state index in [0.29, 0.717) is 13.2 Å². The Morgan fingerprint density at radius 3 is 2.62 bits per heavy atom. The van der Waals surface area contributed by atoms with Gasteiger partial charge in [-0.25, -0.2) is 4.99 Å². The molecule has 156 valence electrons. The van der Waals surface area contributed by atoms with Gasteiger partial charge in [-0.15, -0.1) is 34.2 Å². The van der Waals surface area contributed by atoms with Crippen LogP contribution in [0.4, 0.5) is 0 Å². The average molecular weight is 508 g/mol. The van der Waals surface area contributed by atoms with Crippen LogP contribution in [0.2, 0.25) is 0 Å². The number of aromatic nitrogens is 3. The minimum absolute atomic E-state index is 0. The van der Waals surface area contributed by atoms with Crippen LogP contribution in [-0.2, 0) is 13.6 Å². The molecule has 8 heteroatoms. The van der Waals surface area contributed by atoms with Crippen molar-refractivity contribution in [2.45, 2.75) is 26.8 Å². The van der Waals surface area contributed by atoms with Gasteiger partial charge in [-0.2, -0.15) is 0 Å². The number of hydrogen-bond acceptors (Lipinski definition) is 4. The van der Waals surface area contributed by atoms with Crippen LogP contribution >= 0.6 is 24.0 Å². The molecule has 1 heterocycles. The monoisotopic (exact) mass is 508 g/mol. The largest absolute Gasteiger partial charge is 0.494 e. The van der Waals surface area contributed by atoms with Gasteiger partial charge in [0.1, 0.15) is 18.1 Å². The lowest BCUT2D eigenvalue weighted by Crippen LogP contribution is -2.38. The van der Waals surface area contributed by atoms with Crippen molar-refractivity contribution in [3.8, 4) is 5.75 Å². The number of aryl methyl sites for hydroxylation is 1. The number of halogens is 1. The van der Waals surface area contributed by atoms with E-state index in [1.807, 2.05) is 43.7 Å². The Labute approximate surface area is 189 Å². The molecule has 0 spiro atoms. The van der Waals surface area contributed by atoms with Gasteiger partial charge in [0.05, 0.1) is 6.61 Å². The maximum Gasteiger partial charge on any atom is 0.191 e. The molecular formula is C21H29IN6O. The minimum atomic E-state index is 0. The first-order chi connectivity index (χ1) is 13.7. The second-order valence-electron chi connectivity index (χ2n) is 6.56. The normalized spacial score (nSPS) is 11.2. The van der Waals surface area contributed by atoms with E-state index in [-0.39, 0.29) is 24.0 Å². The van der Waals surface area contributed by atoms with Gasteiger partial charge >= 0.3 is 0 Å². The zero-order valence-corrected chi connectivity index (χ0v) is 19.5. The molecule has 0 aliphatic rings. The smallest absolute Gasteiger partial charge is 0.191 e. The summed E-state index contributed by atoms with van der Waals surface area (Å²) in [6.45, 7) is 6.69. The summed E-state index contributed by atoms with van der Waals surface area (Å²) in [6.07, 6.45) is 0.875. The number of rotatable bonds is 8. The van der Waals surface area contributed by atoms with Gasteiger partial charge in [0, 0.05) is 20.1 Å². The second kappa shape index (κ2) is 11.6. The van der Waals surface area contributed by atoms with Crippen molar-refractivity contribution in [1.29, 1.82) is 0 Å². The van der Waals surface area contributed by atoms with Crippen LogP contribution in [0.3, 0.4) is 0 Å². The van der Waals surface area contributed by atoms with E-state index < -0.39 is 0 Å². The number of ether oxygens (including phenoxy) is 1. The lowest BCUT2D eigenvalue weighted by molar-refractivity contribution is 0.311. The van der Waals surface area contributed by atoms with Crippen LogP contribution in [-0.4, -0.2) is 40.4 Å². The molecule has 1 aromatic heterocycles. The number of fused-ring (bicyclic) bond motifs is 1. The molecule has 3 aromatic rings. The number of hydrogen-bond donors (Lipinski definition) is 2. The third kappa shape index (κ3) is 6.59. The van der Waals surface area contributed by atoms with E-state index in [1.54, 1.807) is 0 Å². The standard InChI is InChI=1S/C21H28N6O.HI/c1-4-22-21(24-15-20-26-25-16(2)27(20)3)23-12-7-13-28-19-11-10-17-8-5-6-9-18(17)14-19;/h5-6,8-11,14H,4,7,12-13,15H2,1-3H3,(H2,22,23,24);1H. The Hall–Kier alpha value is -2.36. The molecule has 0 unspecified atom stereocenters. The van der Waals surface area contributed by atoms with Crippen LogP contribution in [0.5, 0.6) is 5.75 Å². The first-order valence-corrected chi connectivity index (χ1v) is 9.66. The van der Waals surface area contributed by atoms with Crippen LogP contribution < -0.4 is 15.4 Å². The number of nitrogens with one attached hydrogen (secondary N) is 2. The maximum absolute atomic E-state index is 5.88. The fourth-order valence-corrected chi connectivity index (χ4v) is 2.81. The Morgan fingerprint density at radius 1 is 1.10 bits per heavy atom. The molecular weight excluding hydrogens is 479 g/mol. The first-order valence-electron chi connectivity index (χ1n) is 9.66. The van der Waals surface area contributed by atoms with Crippen LogP contribution in [0, 0.1) is 6.92 Å². The predicted octanol–water partition coefficient (Wildman–Crippen LogP) is 3.42. The molecule has 0 radical (unpaired) electrons. The Bertz CT molecular complexity index is 940. The molecule has 0 aliphatic carbocycles. The average Bonchev–Trinajstić information content (AvgIpc) is 3.03. The molecule has 0 amide bonds. The number of benzene rings is 2. The molecule has 0 fully saturated rings. The fourth-order valence-electron chi connectivity index (χ4n) is 2.81. The van der Waals surface area contributed by atoms with Crippen LogP contribution in [0.15, 0.2) is 47.5 Å². The Morgan fingerprint density at radius 2 is 1.90 bits per heavy atom. The fraction of sp³-hybridized carbons (Fsp3) is 0.381. The summed E-state index contributed by atoms with van der Waals surface area (Å²) in [6, 6.07) is 14.5. The van der Waals surface area contributed by atoms with Gasteiger partial charge in [0.15, 0.2) is 11.8 Å². The SMILES string of the molecule is CCNC(=NCc1nnc(C)n1C)NCCCOc1ccc2ccccc2c1.I. The third-order valence-corrected chi connectivity index (χ3v) is 4.51. The zero-order valence-electron chi connectivity index (χ0n) is 17.2. The van der Waals surface area contributed by atoms with Gasteiger partial charge in [0.25, 0.3) is 0 Å². The predicted molar refractivity (Wildman–Crippen MR) is 128 cm³/mol. The lowest BCUT2D eigenvalue weighted by atomic mass is 10.1. The maximum atomic E-state index is 5.88. The molecule has 0 atom stereocenters. The van der Waals surface area contributed by atoms with Crippen molar-refractivity contribution >= 4 is 40.7 Å². The Balaban J connectivity index is 0.00000300. The third-order valence-electron chi connectivity index (χ3n) is 4.51. The van der Waals surface area contributed by atoms with Gasteiger partial charge < -0.3 is 19.9 Å². The van der Waals surface area contributed by atoms with Crippen molar-refractivity contribution in [3.63, 3.8) is 0 Å². The second-order valence-corrected chi connectivity index (χ2v) is 6.56. The van der Waals surface area contributed by atoms with Gasteiger partial charge in [-0.1, -0.05) is 30.3 Å². The van der Waals surface area contributed by atoms with E-state index in [4.69, 9.17) is 4.74 Å². The van der Waals surface area contributed by atoms with Crippen molar-refractivity contribution < 1.29 is 4.74 Å². The lowest BCUT2D eigenvalue weighted by Gasteiger charge is -2.12. The summed E-state index contributed by atoms with van der Waals surface area (Å²) in [5.41, 5.74) is 0. The highest BCUT2D eigenvalue weighted by molar-refractivity contribution is 14.0. The first kappa shape index (κ1) is 22.9. The van der Waals surface area contributed by atoms with Gasteiger partial charge in [-0.3, -0.25) is 0 Å². The zero-order chi connectivity index (χ0) is 19.8. The quantitative estimate of drug-likeness (QED) is 0.211. The number of nitrogens with zero attached hydrogens (tertiary/aromatic N) is 4. The molecule has 0 saturated carbocycles. The van der Waals surface area contributed by atoms with Crippen molar-refractivity contribution in [1.82, 2.24) is 25.4 Å². The van der Waals surface area contributed by atoms with Gasteiger partial charge in [-0.05, 0) is 43.2 Å². The minimum Gasteiger partial charge on any atom is -0.494 e. The van der Waals surface area contributed by atoms with E-state index in [0.717, 1.165) is 42.9 Å². The highest BCUT2D eigenvalue weighted by Gasteiger charge is 2.05. The molecule has 2 N–H and O–H groups in total. The highest BCUT2D eigenvalue weighted by Crippen LogP contribution is 2.20. The number of guanidine groups is 1. The molecule has 7 nitrogen and oxygen atoms in total. The molecule has 29 heavy (non-hydrogen) atoms. The Kier molecular flexibility index (Phi) is 9.17. The summed E-state index contributed by atoms with van der Waals surface area (Å²) >= 11 is 0. The van der Waals surface area contributed by atoms with Crippen LogP contribution in [0.25, 0.3) is 10.8 Å².